The van der Waals surface area contributed by atoms with Crippen molar-refractivity contribution in [3.63, 3.8) is 0 Å². The zero-order chi connectivity index (χ0) is 15.0. The molecule has 0 aliphatic carbocycles. The molecular formula is C14H12N4O3. The van der Waals surface area contributed by atoms with Gasteiger partial charge in [0.2, 0.25) is 0 Å². The third-order valence-electron chi connectivity index (χ3n) is 2.86. The van der Waals surface area contributed by atoms with Crippen molar-refractivity contribution in [2.45, 2.75) is 13.8 Å². The average Bonchev–Trinajstić information content (AvgIpc) is 3.06. The molecule has 0 atom stereocenters. The molecule has 0 radical (unpaired) electrons. The lowest BCUT2D eigenvalue weighted by molar-refractivity contribution is 0.0686. The van der Waals surface area contributed by atoms with Crippen LogP contribution in [0.2, 0.25) is 0 Å². The van der Waals surface area contributed by atoms with E-state index in [0.29, 0.717) is 11.5 Å². The van der Waals surface area contributed by atoms with Gasteiger partial charge in [-0.25, -0.2) is 14.8 Å². The smallest absolute Gasteiger partial charge is 0.354 e. The number of nitrogens with zero attached hydrogens (tertiary/aromatic N) is 4. The SMILES string of the molecule is Cc1cc(C)nc(-n2nc(-c3ccco3)cc2C(=O)O)n1. The normalized spacial score (nSPS) is 10.8. The summed E-state index contributed by atoms with van der Waals surface area (Å²) in [5, 5.41) is 13.6. The van der Waals surface area contributed by atoms with Crippen molar-refractivity contribution in [2.75, 3.05) is 0 Å². The maximum absolute atomic E-state index is 11.4. The molecule has 0 aromatic carbocycles. The Morgan fingerprint density at radius 2 is 1.95 bits per heavy atom. The van der Waals surface area contributed by atoms with Gasteiger partial charge >= 0.3 is 5.97 Å². The summed E-state index contributed by atoms with van der Waals surface area (Å²) in [6.45, 7) is 3.63. The van der Waals surface area contributed by atoms with Crippen LogP contribution in [-0.4, -0.2) is 30.8 Å². The first-order valence-electron chi connectivity index (χ1n) is 6.24. The van der Waals surface area contributed by atoms with Gasteiger partial charge in [-0.2, -0.15) is 9.78 Å². The van der Waals surface area contributed by atoms with Gasteiger partial charge in [0, 0.05) is 17.5 Å². The summed E-state index contributed by atoms with van der Waals surface area (Å²) in [6, 6.07) is 6.66. The minimum Gasteiger partial charge on any atom is -0.477 e. The number of aromatic carboxylic acids is 1. The Kier molecular flexibility index (Phi) is 3.02. The summed E-state index contributed by atoms with van der Waals surface area (Å²) < 4.78 is 6.45. The Morgan fingerprint density at radius 1 is 1.24 bits per heavy atom. The molecule has 0 aliphatic rings. The van der Waals surface area contributed by atoms with Gasteiger partial charge < -0.3 is 9.52 Å². The maximum Gasteiger partial charge on any atom is 0.354 e. The van der Waals surface area contributed by atoms with Gasteiger partial charge in [-0.15, -0.1) is 0 Å². The van der Waals surface area contributed by atoms with Crippen molar-refractivity contribution in [1.82, 2.24) is 19.7 Å². The lowest BCUT2D eigenvalue weighted by atomic mass is 10.3. The largest absolute Gasteiger partial charge is 0.477 e. The van der Waals surface area contributed by atoms with Crippen molar-refractivity contribution in [2.24, 2.45) is 0 Å². The fourth-order valence-electron chi connectivity index (χ4n) is 2.03. The standard InChI is InChI=1S/C14H12N4O3/c1-8-6-9(2)16-14(15-8)18-11(13(19)20)7-10(17-18)12-4-3-5-21-12/h3-7H,1-2H3,(H,19,20). The molecule has 0 saturated heterocycles. The van der Waals surface area contributed by atoms with Crippen molar-refractivity contribution in [3.8, 4) is 17.4 Å². The minimum absolute atomic E-state index is 0.0219. The first kappa shape index (κ1) is 13.0. The highest BCUT2D eigenvalue weighted by atomic mass is 16.4. The van der Waals surface area contributed by atoms with E-state index >= 15 is 0 Å². The van der Waals surface area contributed by atoms with Gasteiger partial charge in [0.05, 0.1) is 6.26 Å². The molecule has 1 N–H and O–H groups in total. The highest BCUT2D eigenvalue weighted by Gasteiger charge is 2.19. The third-order valence-corrected chi connectivity index (χ3v) is 2.86. The summed E-state index contributed by atoms with van der Waals surface area (Å²) in [6.07, 6.45) is 1.50. The van der Waals surface area contributed by atoms with E-state index in [4.69, 9.17) is 4.42 Å². The average molecular weight is 284 g/mol. The van der Waals surface area contributed by atoms with Crippen LogP contribution in [0.25, 0.3) is 17.4 Å². The number of carboxylic acids is 1. The van der Waals surface area contributed by atoms with Crippen molar-refractivity contribution < 1.29 is 14.3 Å². The Balaban J connectivity index is 2.19. The molecule has 0 aliphatic heterocycles. The first-order chi connectivity index (χ1) is 10.0. The van der Waals surface area contributed by atoms with Crippen LogP contribution >= 0.6 is 0 Å². The van der Waals surface area contributed by atoms with Crippen LogP contribution in [0.15, 0.2) is 34.9 Å². The van der Waals surface area contributed by atoms with Crippen LogP contribution in [0.5, 0.6) is 0 Å². The van der Waals surface area contributed by atoms with Crippen LogP contribution in [0.4, 0.5) is 0 Å². The molecule has 106 valence electrons. The monoisotopic (exact) mass is 284 g/mol. The molecule has 7 nitrogen and oxygen atoms in total. The van der Waals surface area contributed by atoms with Crippen LogP contribution in [-0.2, 0) is 0 Å². The molecule has 0 fully saturated rings. The molecule has 0 spiro atoms. The maximum atomic E-state index is 11.4. The predicted molar refractivity (Wildman–Crippen MR) is 73.3 cm³/mol. The Hall–Kier alpha value is -2.96. The number of aryl methyl sites for hydroxylation is 2. The number of rotatable bonds is 3. The number of furan rings is 1. The quantitative estimate of drug-likeness (QED) is 0.792. The number of aromatic nitrogens is 4. The lowest BCUT2D eigenvalue weighted by Gasteiger charge is -2.04. The molecule has 7 heteroatoms. The summed E-state index contributed by atoms with van der Waals surface area (Å²) in [5.41, 5.74) is 1.87. The van der Waals surface area contributed by atoms with E-state index in [0.717, 1.165) is 11.4 Å². The molecule has 0 amide bonds. The third kappa shape index (κ3) is 2.40. The van der Waals surface area contributed by atoms with Crippen LogP contribution in [0, 0.1) is 13.8 Å². The van der Waals surface area contributed by atoms with Gasteiger partial charge in [-0.3, -0.25) is 0 Å². The molecule has 0 unspecified atom stereocenters. The second-order valence-electron chi connectivity index (χ2n) is 4.56. The van der Waals surface area contributed by atoms with E-state index < -0.39 is 5.97 Å². The highest BCUT2D eigenvalue weighted by molar-refractivity contribution is 5.87. The summed E-state index contributed by atoms with van der Waals surface area (Å²) >= 11 is 0. The molecule has 3 heterocycles. The minimum atomic E-state index is -1.11. The van der Waals surface area contributed by atoms with E-state index in [2.05, 4.69) is 15.1 Å². The van der Waals surface area contributed by atoms with Crippen LogP contribution < -0.4 is 0 Å². The van der Waals surface area contributed by atoms with E-state index in [1.54, 1.807) is 18.2 Å². The second kappa shape index (κ2) is 4.86. The Bertz CT molecular complexity index is 785. The molecule has 3 aromatic rings. The molecule has 3 aromatic heterocycles. The predicted octanol–water partition coefficient (Wildman–Crippen LogP) is 2.24. The fourth-order valence-corrected chi connectivity index (χ4v) is 2.03. The molecule has 0 saturated carbocycles. The Labute approximate surface area is 119 Å². The summed E-state index contributed by atoms with van der Waals surface area (Å²) in [5.74, 6) is -0.397. The zero-order valence-electron chi connectivity index (χ0n) is 11.4. The fraction of sp³-hybridized carbons (Fsp3) is 0.143. The van der Waals surface area contributed by atoms with Crippen LogP contribution in [0.3, 0.4) is 0 Å². The van der Waals surface area contributed by atoms with Gasteiger partial charge in [-0.1, -0.05) is 0 Å². The Morgan fingerprint density at radius 3 is 2.52 bits per heavy atom. The van der Waals surface area contributed by atoms with Crippen molar-refractivity contribution in [3.05, 3.63) is 47.6 Å². The topological polar surface area (TPSA) is 94.0 Å². The van der Waals surface area contributed by atoms with E-state index in [9.17, 15) is 9.90 Å². The number of hydrogen-bond donors (Lipinski definition) is 1. The summed E-state index contributed by atoms with van der Waals surface area (Å²) in [4.78, 5) is 19.9. The zero-order valence-corrected chi connectivity index (χ0v) is 11.4. The van der Waals surface area contributed by atoms with Crippen molar-refractivity contribution in [1.29, 1.82) is 0 Å². The van der Waals surface area contributed by atoms with E-state index in [-0.39, 0.29) is 11.6 Å². The highest BCUT2D eigenvalue weighted by Crippen LogP contribution is 2.21. The number of carboxylic acid groups (broad SMARTS) is 1. The van der Waals surface area contributed by atoms with Gasteiger partial charge in [0.15, 0.2) is 11.5 Å². The van der Waals surface area contributed by atoms with Gasteiger partial charge in [0.25, 0.3) is 5.95 Å². The number of hydrogen-bond acceptors (Lipinski definition) is 5. The molecule has 0 bridgehead atoms. The molecular weight excluding hydrogens is 272 g/mol. The molecule has 21 heavy (non-hydrogen) atoms. The van der Waals surface area contributed by atoms with Crippen LogP contribution in [0.1, 0.15) is 21.9 Å². The first-order valence-corrected chi connectivity index (χ1v) is 6.24. The van der Waals surface area contributed by atoms with Gasteiger partial charge in [-0.05, 0) is 32.0 Å². The van der Waals surface area contributed by atoms with Gasteiger partial charge in [0.1, 0.15) is 5.69 Å². The molecule has 3 rings (SSSR count). The van der Waals surface area contributed by atoms with E-state index in [1.807, 2.05) is 13.8 Å². The second-order valence-corrected chi connectivity index (χ2v) is 4.56. The lowest BCUT2D eigenvalue weighted by Crippen LogP contribution is -2.12. The summed E-state index contributed by atoms with van der Waals surface area (Å²) in [7, 11) is 0. The van der Waals surface area contributed by atoms with E-state index in [1.165, 1.54) is 17.0 Å². The number of carbonyl (C=O) groups is 1. The van der Waals surface area contributed by atoms with Crippen molar-refractivity contribution >= 4 is 5.97 Å².